The first-order valence-electron chi connectivity index (χ1n) is 9.74. The van der Waals surface area contributed by atoms with Gasteiger partial charge < -0.3 is 19.7 Å². The van der Waals surface area contributed by atoms with E-state index in [1.54, 1.807) is 29.5 Å². The molecule has 31 heavy (non-hydrogen) atoms. The first kappa shape index (κ1) is 20.8. The van der Waals surface area contributed by atoms with Crippen molar-refractivity contribution in [2.45, 2.75) is 6.54 Å². The molecule has 0 aliphatic heterocycles. The SMILES string of the molecule is COC(=O)c1ccc2c(C(=Nc3ccc(CN(C)C)cc3)c3ccsc3)c(O)[nH]c2c1. The van der Waals surface area contributed by atoms with Gasteiger partial charge in [0.05, 0.1) is 29.6 Å². The second-order valence-corrected chi connectivity index (χ2v) is 8.26. The van der Waals surface area contributed by atoms with Crippen LogP contribution in [0.25, 0.3) is 10.9 Å². The quantitative estimate of drug-likeness (QED) is 0.333. The van der Waals surface area contributed by atoms with Crippen molar-refractivity contribution in [1.82, 2.24) is 9.88 Å². The van der Waals surface area contributed by atoms with E-state index >= 15 is 0 Å². The van der Waals surface area contributed by atoms with Crippen molar-refractivity contribution in [3.8, 4) is 5.88 Å². The molecular weight excluding hydrogens is 410 g/mol. The van der Waals surface area contributed by atoms with Gasteiger partial charge in [0.2, 0.25) is 0 Å². The molecule has 0 aliphatic carbocycles. The fourth-order valence-electron chi connectivity index (χ4n) is 3.50. The molecule has 0 saturated carbocycles. The van der Waals surface area contributed by atoms with Crippen molar-refractivity contribution in [3.05, 3.63) is 81.5 Å². The van der Waals surface area contributed by atoms with E-state index in [4.69, 9.17) is 9.73 Å². The monoisotopic (exact) mass is 433 g/mol. The van der Waals surface area contributed by atoms with E-state index in [1.165, 1.54) is 12.7 Å². The summed E-state index contributed by atoms with van der Waals surface area (Å²) >= 11 is 1.57. The highest BCUT2D eigenvalue weighted by molar-refractivity contribution is 7.08. The minimum atomic E-state index is -0.429. The zero-order valence-electron chi connectivity index (χ0n) is 17.5. The molecule has 6 nitrogen and oxygen atoms in total. The number of aromatic amines is 1. The molecule has 2 aromatic heterocycles. The predicted molar refractivity (Wildman–Crippen MR) is 125 cm³/mol. The zero-order valence-corrected chi connectivity index (χ0v) is 18.4. The van der Waals surface area contributed by atoms with Gasteiger partial charge in [0.1, 0.15) is 0 Å². The number of carbonyl (C=O) groups is 1. The van der Waals surface area contributed by atoms with Gasteiger partial charge in [-0.25, -0.2) is 9.79 Å². The van der Waals surface area contributed by atoms with Gasteiger partial charge in [0.15, 0.2) is 5.88 Å². The fraction of sp³-hybridized carbons (Fsp3) is 0.167. The number of benzene rings is 2. The molecule has 4 rings (SSSR count). The Balaban J connectivity index is 1.82. The highest BCUT2D eigenvalue weighted by Gasteiger charge is 2.20. The molecule has 0 atom stereocenters. The first-order chi connectivity index (χ1) is 15.0. The highest BCUT2D eigenvalue weighted by Crippen LogP contribution is 2.32. The minimum absolute atomic E-state index is 0.00573. The normalized spacial score (nSPS) is 11.9. The van der Waals surface area contributed by atoms with Crippen LogP contribution in [0.1, 0.15) is 27.0 Å². The predicted octanol–water partition coefficient (Wildman–Crippen LogP) is 4.95. The number of fused-ring (bicyclic) bond motifs is 1. The largest absolute Gasteiger partial charge is 0.494 e. The average molecular weight is 434 g/mol. The van der Waals surface area contributed by atoms with Gasteiger partial charge in [-0.15, -0.1) is 0 Å². The molecule has 7 heteroatoms. The Labute approximate surface area is 184 Å². The molecule has 4 aromatic rings. The third kappa shape index (κ3) is 4.38. The standard InChI is InChI=1S/C24H23N3O3S/c1-27(2)13-15-4-7-18(8-5-15)25-22(17-10-11-31-14-17)21-19-9-6-16(24(29)30-3)12-20(19)26-23(21)28/h4-12,14,26,28H,13H2,1-3H3. The summed E-state index contributed by atoms with van der Waals surface area (Å²) in [5.41, 5.74) is 5.22. The number of thiophene rings is 1. The molecule has 0 bridgehead atoms. The summed E-state index contributed by atoms with van der Waals surface area (Å²) in [7, 11) is 5.41. The molecule has 2 N–H and O–H groups in total. The van der Waals surface area contributed by atoms with Crippen molar-refractivity contribution < 1.29 is 14.6 Å². The molecule has 0 fully saturated rings. The third-order valence-corrected chi connectivity index (χ3v) is 5.59. The summed E-state index contributed by atoms with van der Waals surface area (Å²) in [6, 6.07) is 15.2. The van der Waals surface area contributed by atoms with E-state index in [0.717, 1.165) is 23.2 Å². The Hall–Kier alpha value is -3.42. The zero-order chi connectivity index (χ0) is 22.0. The van der Waals surface area contributed by atoms with Crippen molar-refractivity contribution in [3.63, 3.8) is 0 Å². The second-order valence-electron chi connectivity index (χ2n) is 7.48. The van der Waals surface area contributed by atoms with Crippen LogP contribution in [0, 0.1) is 0 Å². The van der Waals surface area contributed by atoms with Gasteiger partial charge in [0, 0.05) is 28.4 Å². The van der Waals surface area contributed by atoms with Crippen LogP contribution in [0.4, 0.5) is 5.69 Å². The number of carbonyl (C=O) groups excluding carboxylic acids is 1. The number of methoxy groups -OCH3 is 1. The van der Waals surface area contributed by atoms with E-state index < -0.39 is 5.97 Å². The number of hydrogen-bond acceptors (Lipinski definition) is 6. The van der Waals surface area contributed by atoms with Crippen molar-refractivity contribution in [1.29, 1.82) is 0 Å². The maximum atomic E-state index is 11.9. The molecule has 2 aromatic carbocycles. The summed E-state index contributed by atoms with van der Waals surface area (Å²) < 4.78 is 4.80. The van der Waals surface area contributed by atoms with Crippen molar-refractivity contribution in [2.24, 2.45) is 4.99 Å². The Morgan fingerprint density at radius 3 is 2.55 bits per heavy atom. The van der Waals surface area contributed by atoms with Gasteiger partial charge in [-0.05, 0) is 55.4 Å². The van der Waals surface area contributed by atoms with E-state index in [0.29, 0.717) is 22.4 Å². The van der Waals surface area contributed by atoms with E-state index in [1.807, 2.05) is 43.1 Å². The number of aliphatic imine (C=N–C) groups is 1. The number of H-pyrrole nitrogens is 1. The van der Waals surface area contributed by atoms with Gasteiger partial charge in [-0.2, -0.15) is 11.3 Å². The molecule has 2 heterocycles. The van der Waals surface area contributed by atoms with Gasteiger partial charge in [0.25, 0.3) is 0 Å². The van der Waals surface area contributed by atoms with E-state index in [9.17, 15) is 9.90 Å². The molecule has 0 aliphatic rings. The topological polar surface area (TPSA) is 77.9 Å². The van der Waals surface area contributed by atoms with E-state index in [-0.39, 0.29) is 5.88 Å². The lowest BCUT2D eigenvalue weighted by Gasteiger charge is -2.10. The molecule has 0 amide bonds. The summed E-state index contributed by atoms with van der Waals surface area (Å²) in [6.45, 7) is 0.854. The van der Waals surface area contributed by atoms with Crippen LogP contribution in [0.2, 0.25) is 0 Å². The molecule has 0 radical (unpaired) electrons. The molecule has 158 valence electrons. The summed E-state index contributed by atoms with van der Waals surface area (Å²) in [4.78, 5) is 21.9. The van der Waals surface area contributed by atoms with Crippen LogP contribution in [0.15, 0.2) is 64.3 Å². The molecule has 0 spiro atoms. The van der Waals surface area contributed by atoms with Gasteiger partial charge in [-0.1, -0.05) is 18.2 Å². The number of rotatable bonds is 6. The Bertz CT molecular complexity index is 1240. The smallest absolute Gasteiger partial charge is 0.337 e. The van der Waals surface area contributed by atoms with Gasteiger partial charge >= 0.3 is 5.97 Å². The first-order valence-corrected chi connectivity index (χ1v) is 10.7. The molecule has 0 saturated heterocycles. The number of esters is 1. The number of nitrogens with zero attached hydrogens (tertiary/aromatic N) is 2. The van der Waals surface area contributed by atoms with Crippen LogP contribution >= 0.6 is 11.3 Å². The molecular formula is C24H23N3O3S. The average Bonchev–Trinajstić information content (AvgIpc) is 3.39. The second kappa shape index (κ2) is 8.75. The van der Waals surface area contributed by atoms with Crippen LogP contribution in [0.3, 0.4) is 0 Å². The van der Waals surface area contributed by atoms with Crippen molar-refractivity contribution in [2.75, 3.05) is 21.2 Å². The van der Waals surface area contributed by atoms with Gasteiger partial charge in [-0.3, -0.25) is 0 Å². The minimum Gasteiger partial charge on any atom is -0.494 e. The number of nitrogens with one attached hydrogen (secondary N) is 1. The Morgan fingerprint density at radius 1 is 1.13 bits per heavy atom. The summed E-state index contributed by atoms with van der Waals surface area (Å²) in [5, 5.41) is 15.5. The van der Waals surface area contributed by atoms with Crippen LogP contribution in [0.5, 0.6) is 5.88 Å². The maximum Gasteiger partial charge on any atom is 0.337 e. The van der Waals surface area contributed by atoms with Crippen molar-refractivity contribution >= 4 is 39.6 Å². The number of aromatic nitrogens is 1. The Kier molecular flexibility index (Phi) is 5.88. The fourth-order valence-corrected chi connectivity index (χ4v) is 4.14. The number of ether oxygens (including phenoxy) is 1. The summed E-state index contributed by atoms with van der Waals surface area (Å²) in [5.74, 6) is -0.423. The van der Waals surface area contributed by atoms with Crippen LogP contribution in [-0.2, 0) is 11.3 Å². The van der Waals surface area contributed by atoms with Crippen LogP contribution in [-0.4, -0.2) is 47.9 Å². The lowest BCUT2D eigenvalue weighted by molar-refractivity contribution is 0.0601. The summed E-state index contributed by atoms with van der Waals surface area (Å²) in [6.07, 6.45) is 0. The molecule has 0 unspecified atom stereocenters. The Morgan fingerprint density at radius 2 is 1.90 bits per heavy atom. The lowest BCUT2D eigenvalue weighted by Crippen LogP contribution is -2.10. The van der Waals surface area contributed by atoms with E-state index in [2.05, 4.69) is 22.0 Å². The lowest BCUT2D eigenvalue weighted by atomic mass is 10.0. The number of aromatic hydroxyl groups is 1. The highest BCUT2D eigenvalue weighted by atomic mass is 32.1. The number of hydrogen-bond donors (Lipinski definition) is 2. The maximum absolute atomic E-state index is 11.9. The van der Waals surface area contributed by atoms with Crippen LogP contribution < -0.4 is 0 Å². The third-order valence-electron chi connectivity index (χ3n) is 4.91.